The predicted octanol–water partition coefficient (Wildman–Crippen LogP) is 3.67. The molecule has 3 aromatic rings. The number of nitrogens with zero attached hydrogens (tertiary/aromatic N) is 3. The minimum absolute atomic E-state index is 0.0124. The fourth-order valence-electron chi connectivity index (χ4n) is 2.86. The van der Waals surface area contributed by atoms with E-state index in [0.29, 0.717) is 12.8 Å². The van der Waals surface area contributed by atoms with E-state index in [1.54, 1.807) is 0 Å². The van der Waals surface area contributed by atoms with Gasteiger partial charge in [0, 0.05) is 31.1 Å². The number of benzene rings is 2. The molecule has 1 heterocycles. The number of nitrogens with one attached hydrogen (secondary N) is 1. The summed E-state index contributed by atoms with van der Waals surface area (Å²) in [6, 6.07) is 15.9. The van der Waals surface area contributed by atoms with Gasteiger partial charge in [0.1, 0.15) is 5.82 Å². The highest BCUT2D eigenvalue weighted by Gasteiger charge is 2.13. The number of anilines is 1. The fourth-order valence-corrected chi connectivity index (χ4v) is 2.86. The highest BCUT2D eigenvalue weighted by Crippen LogP contribution is 2.20. The molecule has 1 aromatic heterocycles. The van der Waals surface area contributed by atoms with Crippen LogP contribution >= 0.6 is 0 Å². The van der Waals surface area contributed by atoms with Crippen molar-refractivity contribution in [2.24, 2.45) is 7.05 Å². The van der Waals surface area contributed by atoms with E-state index in [9.17, 15) is 4.79 Å². The lowest BCUT2D eigenvalue weighted by Gasteiger charge is -2.11. The van der Waals surface area contributed by atoms with Crippen molar-refractivity contribution >= 4 is 11.6 Å². The number of aromatic nitrogens is 3. The predicted molar refractivity (Wildman–Crippen MR) is 99.3 cm³/mol. The molecule has 0 saturated carbocycles. The Balaban J connectivity index is 1.66. The van der Waals surface area contributed by atoms with Gasteiger partial charge < -0.3 is 9.88 Å². The first-order chi connectivity index (χ1) is 12.1. The molecule has 1 amide bonds. The van der Waals surface area contributed by atoms with Crippen LogP contribution in [-0.2, 0) is 18.3 Å². The van der Waals surface area contributed by atoms with Crippen molar-refractivity contribution in [3.05, 3.63) is 65.5 Å². The minimum Gasteiger partial charge on any atom is -0.326 e. The van der Waals surface area contributed by atoms with E-state index in [4.69, 9.17) is 0 Å². The minimum atomic E-state index is -0.0124. The lowest BCUT2D eigenvalue weighted by molar-refractivity contribution is -0.116. The zero-order valence-corrected chi connectivity index (χ0v) is 14.8. The maximum absolute atomic E-state index is 12.3. The standard InChI is InChI=1S/C20H22N4O/c1-14-8-7-9-15(2)19(14)21-18(25)13-12-17-22-23-20(24(17)3)16-10-5-4-6-11-16/h4-11H,12-13H2,1-3H3,(H,21,25). The summed E-state index contributed by atoms with van der Waals surface area (Å²) < 4.78 is 1.95. The van der Waals surface area contributed by atoms with Gasteiger partial charge >= 0.3 is 0 Å². The molecule has 0 atom stereocenters. The lowest BCUT2D eigenvalue weighted by Crippen LogP contribution is -2.15. The van der Waals surface area contributed by atoms with Gasteiger partial charge in [0.2, 0.25) is 5.91 Å². The van der Waals surface area contributed by atoms with E-state index in [0.717, 1.165) is 34.0 Å². The quantitative estimate of drug-likeness (QED) is 0.774. The number of hydrogen-bond donors (Lipinski definition) is 1. The molecule has 3 rings (SSSR count). The van der Waals surface area contributed by atoms with Crippen molar-refractivity contribution in [1.29, 1.82) is 0 Å². The number of carbonyl (C=O) groups excluding carboxylic acids is 1. The van der Waals surface area contributed by atoms with Gasteiger partial charge in [0.05, 0.1) is 0 Å². The molecular weight excluding hydrogens is 312 g/mol. The molecule has 25 heavy (non-hydrogen) atoms. The second-order valence-electron chi connectivity index (χ2n) is 6.18. The lowest BCUT2D eigenvalue weighted by atomic mass is 10.1. The monoisotopic (exact) mass is 334 g/mol. The van der Waals surface area contributed by atoms with Gasteiger partial charge in [-0.25, -0.2) is 0 Å². The number of carbonyl (C=O) groups is 1. The van der Waals surface area contributed by atoms with Crippen LogP contribution in [0.5, 0.6) is 0 Å². The molecule has 0 aliphatic heterocycles. The number of hydrogen-bond acceptors (Lipinski definition) is 3. The third-order valence-electron chi connectivity index (χ3n) is 4.32. The molecule has 2 aromatic carbocycles. The van der Waals surface area contributed by atoms with Crippen molar-refractivity contribution in [3.8, 4) is 11.4 Å². The summed E-state index contributed by atoms with van der Waals surface area (Å²) in [7, 11) is 1.93. The molecular formula is C20H22N4O. The van der Waals surface area contributed by atoms with Crippen molar-refractivity contribution in [2.45, 2.75) is 26.7 Å². The highest BCUT2D eigenvalue weighted by atomic mass is 16.1. The molecule has 5 nitrogen and oxygen atoms in total. The number of aryl methyl sites for hydroxylation is 3. The van der Waals surface area contributed by atoms with E-state index in [1.165, 1.54) is 0 Å². The summed E-state index contributed by atoms with van der Waals surface area (Å²) >= 11 is 0. The number of amides is 1. The molecule has 0 fully saturated rings. The van der Waals surface area contributed by atoms with Crippen LogP contribution in [0.2, 0.25) is 0 Å². The largest absolute Gasteiger partial charge is 0.326 e. The van der Waals surface area contributed by atoms with Crippen molar-refractivity contribution in [1.82, 2.24) is 14.8 Å². The Morgan fingerprint density at radius 3 is 2.36 bits per heavy atom. The van der Waals surface area contributed by atoms with Gasteiger partial charge in [-0.1, -0.05) is 48.5 Å². The van der Waals surface area contributed by atoms with Crippen LogP contribution in [0.15, 0.2) is 48.5 Å². The van der Waals surface area contributed by atoms with E-state index in [2.05, 4.69) is 15.5 Å². The van der Waals surface area contributed by atoms with Gasteiger partial charge in [0.15, 0.2) is 5.82 Å². The third-order valence-corrected chi connectivity index (χ3v) is 4.32. The molecule has 0 saturated heterocycles. The van der Waals surface area contributed by atoms with Crippen molar-refractivity contribution in [2.75, 3.05) is 5.32 Å². The maximum atomic E-state index is 12.3. The Bertz CT molecular complexity index is 864. The average molecular weight is 334 g/mol. The molecule has 0 radical (unpaired) electrons. The van der Waals surface area contributed by atoms with Gasteiger partial charge in [-0.3, -0.25) is 4.79 Å². The first-order valence-corrected chi connectivity index (χ1v) is 8.36. The molecule has 128 valence electrons. The second kappa shape index (κ2) is 7.30. The summed E-state index contributed by atoms with van der Waals surface area (Å²) in [6.07, 6.45) is 0.918. The summed E-state index contributed by atoms with van der Waals surface area (Å²) in [5.74, 6) is 1.60. The zero-order valence-electron chi connectivity index (χ0n) is 14.8. The smallest absolute Gasteiger partial charge is 0.224 e. The van der Waals surface area contributed by atoms with Gasteiger partial charge in [-0.2, -0.15) is 0 Å². The Labute approximate surface area is 147 Å². The van der Waals surface area contributed by atoms with Crippen LogP contribution in [0.3, 0.4) is 0 Å². The SMILES string of the molecule is Cc1cccc(C)c1NC(=O)CCc1nnc(-c2ccccc2)n1C. The molecule has 5 heteroatoms. The first-order valence-electron chi connectivity index (χ1n) is 8.36. The van der Waals surface area contributed by atoms with E-state index < -0.39 is 0 Å². The number of para-hydroxylation sites is 1. The molecule has 0 aliphatic rings. The highest BCUT2D eigenvalue weighted by molar-refractivity contribution is 5.92. The summed E-state index contributed by atoms with van der Waals surface area (Å²) in [6.45, 7) is 3.99. The average Bonchev–Trinajstić information content (AvgIpc) is 2.98. The van der Waals surface area contributed by atoms with Gasteiger partial charge in [-0.05, 0) is 25.0 Å². The summed E-state index contributed by atoms with van der Waals surface area (Å²) in [4.78, 5) is 12.3. The fraction of sp³-hybridized carbons (Fsp3) is 0.250. The molecule has 0 spiro atoms. The van der Waals surface area contributed by atoms with Gasteiger partial charge in [-0.15, -0.1) is 10.2 Å². The maximum Gasteiger partial charge on any atom is 0.224 e. The van der Waals surface area contributed by atoms with E-state index in [1.807, 2.05) is 74.0 Å². The Morgan fingerprint density at radius 2 is 1.68 bits per heavy atom. The summed E-state index contributed by atoms with van der Waals surface area (Å²) in [5, 5.41) is 11.5. The molecule has 0 aliphatic carbocycles. The van der Waals surface area contributed by atoms with Crippen LogP contribution in [0.4, 0.5) is 5.69 Å². The van der Waals surface area contributed by atoms with Crippen LogP contribution in [0.1, 0.15) is 23.4 Å². The Morgan fingerprint density at radius 1 is 1.00 bits per heavy atom. The summed E-state index contributed by atoms with van der Waals surface area (Å²) in [5.41, 5.74) is 4.05. The number of rotatable bonds is 5. The van der Waals surface area contributed by atoms with E-state index in [-0.39, 0.29) is 5.91 Å². The van der Waals surface area contributed by atoms with E-state index >= 15 is 0 Å². The van der Waals surface area contributed by atoms with Crippen LogP contribution < -0.4 is 5.32 Å². The van der Waals surface area contributed by atoms with Crippen molar-refractivity contribution < 1.29 is 4.79 Å². The topological polar surface area (TPSA) is 59.8 Å². The second-order valence-corrected chi connectivity index (χ2v) is 6.18. The van der Waals surface area contributed by atoms with Gasteiger partial charge in [0.25, 0.3) is 0 Å². The van der Waals surface area contributed by atoms with Crippen LogP contribution in [0, 0.1) is 13.8 Å². The first kappa shape index (κ1) is 16.9. The third kappa shape index (κ3) is 3.76. The zero-order chi connectivity index (χ0) is 17.8. The van der Waals surface area contributed by atoms with Crippen LogP contribution in [-0.4, -0.2) is 20.7 Å². The molecule has 0 bridgehead atoms. The van der Waals surface area contributed by atoms with Crippen LogP contribution in [0.25, 0.3) is 11.4 Å². The molecule has 1 N–H and O–H groups in total. The Hall–Kier alpha value is -2.95. The normalized spacial score (nSPS) is 10.7. The Kier molecular flexibility index (Phi) is 4.93. The molecule has 0 unspecified atom stereocenters. The van der Waals surface area contributed by atoms with Crippen molar-refractivity contribution in [3.63, 3.8) is 0 Å².